The molecule has 3 heterocycles. The Morgan fingerprint density at radius 2 is 2.32 bits per heavy atom. The zero-order chi connectivity index (χ0) is 13.2. The largest absolute Gasteiger partial charge is 0.351 e. The number of piperidine rings is 1. The summed E-state index contributed by atoms with van der Waals surface area (Å²) in [6.07, 6.45) is 7.02. The molecule has 2 N–H and O–H groups in total. The highest BCUT2D eigenvalue weighted by Crippen LogP contribution is 2.28. The molecule has 2 aromatic rings. The van der Waals surface area contributed by atoms with Gasteiger partial charge in [-0.05, 0) is 29.2 Å². The molecule has 1 saturated heterocycles. The Morgan fingerprint density at radius 3 is 3.11 bits per heavy atom. The first-order valence-corrected chi connectivity index (χ1v) is 6.82. The maximum absolute atomic E-state index is 5.94. The van der Waals surface area contributed by atoms with Crippen LogP contribution in [0.2, 0.25) is 0 Å². The summed E-state index contributed by atoms with van der Waals surface area (Å²) in [6.45, 7) is 3.88. The maximum Gasteiger partial charge on any atom is 0.199 e. The van der Waals surface area contributed by atoms with Crippen molar-refractivity contribution in [2.45, 2.75) is 32.2 Å². The molecule has 102 valence electrons. The topological polar surface area (TPSA) is 85.2 Å². The molecule has 0 saturated carbocycles. The highest BCUT2D eigenvalue weighted by Gasteiger charge is 2.28. The van der Waals surface area contributed by atoms with Gasteiger partial charge in [0.1, 0.15) is 0 Å². The summed E-state index contributed by atoms with van der Waals surface area (Å²) in [4.78, 5) is 6.52. The highest BCUT2D eigenvalue weighted by molar-refractivity contribution is 5.47. The summed E-state index contributed by atoms with van der Waals surface area (Å²) in [5.41, 5.74) is 6.62. The molecule has 0 spiro atoms. The van der Waals surface area contributed by atoms with Crippen LogP contribution in [0.3, 0.4) is 0 Å². The van der Waals surface area contributed by atoms with Crippen LogP contribution >= 0.6 is 0 Å². The van der Waals surface area contributed by atoms with E-state index in [9.17, 15) is 0 Å². The Bertz CT molecular complexity index is 552. The minimum absolute atomic E-state index is 0.343. The zero-order valence-corrected chi connectivity index (χ0v) is 11.1. The van der Waals surface area contributed by atoms with Crippen LogP contribution in [0.15, 0.2) is 12.4 Å². The fourth-order valence-corrected chi connectivity index (χ4v) is 2.89. The molecule has 1 aliphatic rings. The second-order valence-corrected chi connectivity index (χ2v) is 5.10. The second-order valence-electron chi connectivity index (χ2n) is 5.10. The summed E-state index contributed by atoms with van der Waals surface area (Å²) in [5.74, 6) is 1.71. The normalized spacial score (nSPS) is 24.0. The molecule has 0 aliphatic carbocycles. The number of fused-ring (bicyclic) bond motifs is 1. The minimum Gasteiger partial charge on any atom is -0.351 e. The number of nitrogens with two attached hydrogens (primary N) is 1. The molecule has 2 atom stereocenters. The zero-order valence-electron chi connectivity index (χ0n) is 11.1. The first kappa shape index (κ1) is 12.3. The average Bonchev–Trinajstić information content (AvgIpc) is 2.95. The van der Waals surface area contributed by atoms with E-state index in [4.69, 9.17) is 5.73 Å². The molecule has 1 aliphatic heterocycles. The van der Waals surface area contributed by atoms with Gasteiger partial charge in [-0.3, -0.25) is 4.98 Å². The lowest BCUT2D eigenvalue weighted by Gasteiger charge is -2.39. The number of anilines is 1. The van der Waals surface area contributed by atoms with E-state index in [2.05, 4.69) is 32.3 Å². The first-order valence-electron chi connectivity index (χ1n) is 6.82. The second kappa shape index (κ2) is 5.08. The molecular formula is C12H19N7. The van der Waals surface area contributed by atoms with Gasteiger partial charge in [-0.25, -0.2) is 0 Å². The summed E-state index contributed by atoms with van der Waals surface area (Å²) in [5, 5.41) is 11.7. The van der Waals surface area contributed by atoms with E-state index in [0.717, 1.165) is 24.7 Å². The molecule has 7 nitrogen and oxygen atoms in total. The number of nitrogens with zero attached hydrogens (tertiary/aromatic N) is 6. The lowest BCUT2D eigenvalue weighted by Crippen LogP contribution is -2.47. The third kappa shape index (κ3) is 2.14. The Hall–Kier alpha value is -1.76. The summed E-state index contributed by atoms with van der Waals surface area (Å²) in [6, 6.07) is 0.343. The van der Waals surface area contributed by atoms with Crippen LogP contribution < -0.4 is 10.6 Å². The van der Waals surface area contributed by atoms with Gasteiger partial charge >= 0.3 is 0 Å². The monoisotopic (exact) mass is 261 g/mol. The van der Waals surface area contributed by atoms with Crippen molar-refractivity contribution in [2.75, 3.05) is 18.0 Å². The smallest absolute Gasteiger partial charge is 0.199 e. The third-order valence-electron chi connectivity index (χ3n) is 4.06. The fourth-order valence-electron chi connectivity index (χ4n) is 2.89. The maximum atomic E-state index is 5.94. The molecule has 0 amide bonds. The third-order valence-corrected chi connectivity index (χ3v) is 4.06. The van der Waals surface area contributed by atoms with E-state index < -0.39 is 0 Å². The van der Waals surface area contributed by atoms with Crippen molar-refractivity contribution in [1.29, 1.82) is 0 Å². The van der Waals surface area contributed by atoms with Crippen molar-refractivity contribution in [3.8, 4) is 0 Å². The van der Waals surface area contributed by atoms with Gasteiger partial charge in [-0.15, -0.1) is 5.10 Å². The van der Waals surface area contributed by atoms with Gasteiger partial charge in [0.2, 0.25) is 0 Å². The SMILES string of the molecule is CCC1CCN(c2cncc3nnnn23)C(CN)C1. The van der Waals surface area contributed by atoms with E-state index in [1.807, 2.05) is 6.20 Å². The highest BCUT2D eigenvalue weighted by atomic mass is 15.5. The Balaban J connectivity index is 1.94. The van der Waals surface area contributed by atoms with Gasteiger partial charge in [0.15, 0.2) is 11.5 Å². The lowest BCUT2D eigenvalue weighted by atomic mass is 9.89. The van der Waals surface area contributed by atoms with E-state index in [1.54, 1.807) is 10.7 Å². The molecule has 3 rings (SSSR count). The van der Waals surface area contributed by atoms with Crippen molar-refractivity contribution in [3.05, 3.63) is 12.4 Å². The van der Waals surface area contributed by atoms with Crippen LogP contribution in [0.5, 0.6) is 0 Å². The molecule has 0 aromatic carbocycles. The standard InChI is InChI=1S/C12H19N7/c1-2-9-3-4-18(10(5-9)6-13)12-8-14-7-11-15-16-17-19(11)12/h7-10H,2-6,13H2,1H3. The fraction of sp³-hybridized carbons (Fsp3) is 0.667. The quantitative estimate of drug-likeness (QED) is 0.864. The summed E-state index contributed by atoms with van der Waals surface area (Å²) < 4.78 is 1.74. The van der Waals surface area contributed by atoms with Gasteiger partial charge in [0.05, 0.1) is 12.4 Å². The minimum atomic E-state index is 0.343. The van der Waals surface area contributed by atoms with Crippen LogP contribution in [0.25, 0.3) is 5.65 Å². The van der Waals surface area contributed by atoms with Crippen molar-refractivity contribution in [2.24, 2.45) is 11.7 Å². The van der Waals surface area contributed by atoms with E-state index >= 15 is 0 Å². The number of tetrazole rings is 1. The molecule has 7 heteroatoms. The van der Waals surface area contributed by atoms with E-state index in [1.165, 1.54) is 12.8 Å². The van der Waals surface area contributed by atoms with Gasteiger partial charge in [0.25, 0.3) is 0 Å². The number of hydrogen-bond donors (Lipinski definition) is 1. The van der Waals surface area contributed by atoms with Crippen molar-refractivity contribution in [3.63, 3.8) is 0 Å². The van der Waals surface area contributed by atoms with Crippen LogP contribution in [0.1, 0.15) is 26.2 Å². The van der Waals surface area contributed by atoms with Gasteiger partial charge in [-0.1, -0.05) is 13.3 Å². The number of rotatable bonds is 3. The van der Waals surface area contributed by atoms with Gasteiger partial charge in [-0.2, -0.15) is 4.52 Å². The van der Waals surface area contributed by atoms with Crippen molar-refractivity contribution >= 4 is 11.5 Å². The Labute approximate surface area is 111 Å². The van der Waals surface area contributed by atoms with Crippen molar-refractivity contribution in [1.82, 2.24) is 25.0 Å². The Kier molecular flexibility index (Phi) is 3.29. The van der Waals surface area contributed by atoms with Gasteiger partial charge in [0, 0.05) is 19.1 Å². The predicted octanol–water partition coefficient (Wildman–Crippen LogP) is 0.473. The molecular weight excluding hydrogens is 242 g/mol. The lowest BCUT2D eigenvalue weighted by molar-refractivity contribution is 0.333. The number of aromatic nitrogens is 5. The molecule has 2 unspecified atom stereocenters. The average molecular weight is 261 g/mol. The summed E-state index contributed by atoms with van der Waals surface area (Å²) >= 11 is 0. The predicted molar refractivity (Wildman–Crippen MR) is 71.8 cm³/mol. The summed E-state index contributed by atoms with van der Waals surface area (Å²) in [7, 11) is 0. The van der Waals surface area contributed by atoms with Crippen LogP contribution in [0.4, 0.5) is 5.82 Å². The molecule has 1 fully saturated rings. The van der Waals surface area contributed by atoms with Crippen LogP contribution in [0, 0.1) is 5.92 Å². The van der Waals surface area contributed by atoms with Crippen LogP contribution in [-0.2, 0) is 0 Å². The molecule has 2 aromatic heterocycles. The molecule has 0 bridgehead atoms. The molecule has 0 radical (unpaired) electrons. The number of hydrogen-bond acceptors (Lipinski definition) is 6. The molecule has 19 heavy (non-hydrogen) atoms. The van der Waals surface area contributed by atoms with Crippen molar-refractivity contribution < 1.29 is 0 Å². The first-order chi connectivity index (χ1) is 9.33. The van der Waals surface area contributed by atoms with Crippen LogP contribution in [-0.4, -0.2) is 44.2 Å². The van der Waals surface area contributed by atoms with E-state index in [0.29, 0.717) is 18.2 Å². The van der Waals surface area contributed by atoms with E-state index in [-0.39, 0.29) is 0 Å². The van der Waals surface area contributed by atoms with Gasteiger partial charge < -0.3 is 10.6 Å². The Morgan fingerprint density at radius 1 is 1.42 bits per heavy atom.